The van der Waals surface area contributed by atoms with Crippen molar-refractivity contribution < 1.29 is 14.7 Å². The van der Waals surface area contributed by atoms with E-state index in [1.807, 2.05) is 4.90 Å². The van der Waals surface area contributed by atoms with E-state index in [0.717, 1.165) is 19.4 Å². The lowest BCUT2D eigenvalue weighted by atomic mass is 10.2. The third-order valence-electron chi connectivity index (χ3n) is 3.63. The topological polar surface area (TPSA) is 70.5 Å². The van der Waals surface area contributed by atoms with E-state index in [-0.39, 0.29) is 11.5 Å². The van der Waals surface area contributed by atoms with Crippen molar-refractivity contribution in [1.82, 2.24) is 9.88 Å². The fraction of sp³-hybridized carbons (Fsp3) is 0.500. The van der Waals surface area contributed by atoms with Gasteiger partial charge >= 0.3 is 5.97 Å². The van der Waals surface area contributed by atoms with Crippen molar-refractivity contribution in [2.24, 2.45) is 5.92 Å². The summed E-state index contributed by atoms with van der Waals surface area (Å²) in [6.45, 7) is 0.825. The average Bonchev–Trinajstić information content (AvgIpc) is 3.28. The van der Waals surface area contributed by atoms with Crippen LogP contribution >= 0.6 is 0 Å². The van der Waals surface area contributed by atoms with Gasteiger partial charge in [-0.15, -0.1) is 0 Å². The molecule has 0 aliphatic heterocycles. The minimum Gasteiger partial charge on any atom is -0.478 e. The van der Waals surface area contributed by atoms with E-state index in [1.165, 1.54) is 31.2 Å². The summed E-state index contributed by atoms with van der Waals surface area (Å²) >= 11 is 0. The van der Waals surface area contributed by atoms with Gasteiger partial charge in [-0.25, -0.2) is 4.79 Å². The average molecular weight is 260 g/mol. The molecule has 19 heavy (non-hydrogen) atoms. The van der Waals surface area contributed by atoms with Crippen LogP contribution in [-0.4, -0.2) is 39.5 Å². The number of carboxylic acids is 1. The van der Waals surface area contributed by atoms with Crippen molar-refractivity contribution in [2.75, 3.05) is 6.54 Å². The monoisotopic (exact) mass is 260 g/mol. The van der Waals surface area contributed by atoms with Crippen molar-refractivity contribution in [2.45, 2.75) is 31.7 Å². The van der Waals surface area contributed by atoms with Crippen LogP contribution in [0.1, 0.15) is 46.5 Å². The number of carbonyl (C=O) groups is 2. The van der Waals surface area contributed by atoms with Crippen molar-refractivity contribution in [3.63, 3.8) is 0 Å². The lowest BCUT2D eigenvalue weighted by Crippen LogP contribution is -2.35. The minimum atomic E-state index is -1.02. The molecule has 5 heteroatoms. The summed E-state index contributed by atoms with van der Waals surface area (Å²) in [6, 6.07) is 3.31. The molecule has 0 bridgehead atoms. The molecule has 0 radical (unpaired) electrons. The smallest absolute Gasteiger partial charge is 0.337 e. The fourth-order valence-electron chi connectivity index (χ4n) is 2.16. The summed E-state index contributed by atoms with van der Waals surface area (Å²) < 4.78 is 0. The van der Waals surface area contributed by atoms with Gasteiger partial charge in [-0.1, -0.05) is 0 Å². The van der Waals surface area contributed by atoms with E-state index in [1.54, 1.807) is 0 Å². The number of aromatic nitrogens is 1. The molecular weight excluding hydrogens is 244 g/mol. The molecule has 0 spiro atoms. The van der Waals surface area contributed by atoms with Crippen molar-refractivity contribution in [1.29, 1.82) is 0 Å². The zero-order valence-electron chi connectivity index (χ0n) is 10.6. The first kappa shape index (κ1) is 12.1. The Hall–Kier alpha value is -1.91. The molecular formula is C14H16N2O3. The largest absolute Gasteiger partial charge is 0.478 e. The molecule has 2 aliphatic rings. The molecule has 0 aromatic carbocycles. The van der Waals surface area contributed by atoms with Gasteiger partial charge in [-0.2, -0.15) is 0 Å². The standard InChI is InChI=1S/C14H16N2O3/c17-13(12-6-3-10(7-15-12)14(18)19)16(11-4-5-11)8-9-1-2-9/h3,6-7,9,11H,1-2,4-5,8H2,(H,18,19). The zero-order chi connectivity index (χ0) is 13.4. The highest BCUT2D eigenvalue weighted by atomic mass is 16.4. The van der Waals surface area contributed by atoms with E-state index in [0.29, 0.717) is 17.7 Å². The van der Waals surface area contributed by atoms with E-state index in [4.69, 9.17) is 5.11 Å². The number of nitrogens with zero attached hydrogens (tertiary/aromatic N) is 2. The molecule has 1 aromatic rings. The van der Waals surface area contributed by atoms with Gasteiger partial charge in [-0.05, 0) is 43.7 Å². The Morgan fingerprint density at radius 3 is 2.47 bits per heavy atom. The van der Waals surface area contributed by atoms with Gasteiger partial charge in [0.15, 0.2) is 0 Å². The van der Waals surface area contributed by atoms with Crippen molar-refractivity contribution in [3.05, 3.63) is 29.6 Å². The molecule has 0 unspecified atom stereocenters. The highest BCUT2D eigenvalue weighted by Gasteiger charge is 2.37. The van der Waals surface area contributed by atoms with Crippen LogP contribution in [0.3, 0.4) is 0 Å². The molecule has 0 saturated heterocycles. The van der Waals surface area contributed by atoms with Gasteiger partial charge in [-0.3, -0.25) is 9.78 Å². The Morgan fingerprint density at radius 1 is 1.26 bits per heavy atom. The van der Waals surface area contributed by atoms with Gasteiger partial charge in [0.1, 0.15) is 5.69 Å². The summed E-state index contributed by atoms with van der Waals surface area (Å²) in [6.07, 6.45) is 5.82. The third-order valence-corrected chi connectivity index (χ3v) is 3.63. The lowest BCUT2D eigenvalue weighted by Gasteiger charge is -2.21. The molecule has 1 aromatic heterocycles. The molecule has 3 rings (SSSR count). The first-order chi connectivity index (χ1) is 9.15. The van der Waals surface area contributed by atoms with Gasteiger partial charge in [0.2, 0.25) is 0 Å². The lowest BCUT2D eigenvalue weighted by molar-refractivity contribution is 0.0690. The molecule has 1 amide bonds. The normalized spacial score (nSPS) is 18.1. The number of carbonyl (C=O) groups excluding carboxylic acids is 1. The maximum Gasteiger partial charge on any atom is 0.337 e. The second-order valence-corrected chi connectivity index (χ2v) is 5.37. The van der Waals surface area contributed by atoms with Gasteiger partial charge in [0.25, 0.3) is 5.91 Å². The number of rotatable bonds is 5. The fourth-order valence-corrected chi connectivity index (χ4v) is 2.16. The van der Waals surface area contributed by atoms with Crippen LogP contribution in [0, 0.1) is 5.92 Å². The number of carboxylic acid groups (broad SMARTS) is 1. The number of hydrogen-bond acceptors (Lipinski definition) is 3. The maximum atomic E-state index is 12.4. The van der Waals surface area contributed by atoms with Crippen LogP contribution in [-0.2, 0) is 0 Å². The molecule has 2 saturated carbocycles. The molecule has 1 heterocycles. The van der Waals surface area contributed by atoms with Crippen LogP contribution in [0.5, 0.6) is 0 Å². The van der Waals surface area contributed by atoms with Gasteiger partial charge < -0.3 is 10.0 Å². The molecule has 2 aliphatic carbocycles. The highest BCUT2D eigenvalue weighted by molar-refractivity contribution is 5.94. The number of pyridine rings is 1. The van der Waals surface area contributed by atoms with Crippen molar-refractivity contribution >= 4 is 11.9 Å². The SMILES string of the molecule is O=C(O)c1ccc(C(=O)N(CC2CC2)C2CC2)nc1. The first-order valence-electron chi connectivity index (χ1n) is 6.65. The molecule has 2 fully saturated rings. The Bertz CT molecular complexity index is 504. The summed E-state index contributed by atoms with van der Waals surface area (Å²) in [7, 11) is 0. The molecule has 100 valence electrons. The summed E-state index contributed by atoms with van der Waals surface area (Å²) in [5.41, 5.74) is 0.453. The summed E-state index contributed by atoms with van der Waals surface area (Å²) in [5.74, 6) is -0.433. The molecule has 0 atom stereocenters. The van der Waals surface area contributed by atoms with Crippen LogP contribution in [0.25, 0.3) is 0 Å². The van der Waals surface area contributed by atoms with Crippen LogP contribution in [0.2, 0.25) is 0 Å². The second-order valence-electron chi connectivity index (χ2n) is 5.37. The highest BCUT2D eigenvalue weighted by Crippen LogP contribution is 2.35. The Labute approximate surface area is 111 Å². The third kappa shape index (κ3) is 2.75. The van der Waals surface area contributed by atoms with E-state index in [2.05, 4.69) is 4.98 Å². The van der Waals surface area contributed by atoms with E-state index >= 15 is 0 Å². The van der Waals surface area contributed by atoms with Crippen LogP contribution < -0.4 is 0 Å². The van der Waals surface area contributed by atoms with Crippen LogP contribution in [0.15, 0.2) is 18.3 Å². The van der Waals surface area contributed by atoms with Gasteiger partial charge in [0, 0.05) is 18.8 Å². The Balaban J connectivity index is 1.74. The Kier molecular flexibility index (Phi) is 2.97. The molecule has 1 N–H and O–H groups in total. The Morgan fingerprint density at radius 2 is 2.00 bits per heavy atom. The van der Waals surface area contributed by atoms with E-state index in [9.17, 15) is 9.59 Å². The quantitative estimate of drug-likeness (QED) is 0.876. The number of aromatic carboxylic acids is 1. The summed E-state index contributed by atoms with van der Waals surface area (Å²) in [4.78, 5) is 29.0. The summed E-state index contributed by atoms with van der Waals surface area (Å²) in [5, 5.41) is 8.81. The van der Waals surface area contributed by atoms with Gasteiger partial charge in [0.05, 0.1) is 5.56 Å². The number of amides is 1. The minimum absolute atomic E-state index is 0.0636. The second kappa shape index (κ2) is 4.64. The maximum absolute atomic E-state index is 12.4. The molecule has 5 nitrogen and oxygen atoms in total. The predicted molar refractivity (Wildman–Crippen MR) is 68.0 cm³/mol. The number of hydrogen-bond donors (Lipinski definition) is 1. The zero-order valence-corrected chi connectivity index (χ0v) is 10.6. The van der Waals surface area contributed by atoms with E-state index < -0.39 is 5.97 Å². The predicted octanol–water partition coefficient (Wildman–Crippen LogP) is 1.79. The van der Waals surface area contributed by atoms with Crippen molar-refractivity contribution in [3.8, 4) is 0 Å². The first-order valence-corrected chi connectivity index (χ1v) is 6.65. The van der Waals surface area contributed by atoms with Crippen LogP contribution in [0.4, 0.5) is 0 Å².